The van der Waals surface area contributed by atoms with Gasteiger partial charge in [-0.15, -0.1) is 0 Å². The summed E-state index contributed by atoms with van der Waals surface area (Å²) in [6.07, 6.45) is 0.0581. The van der Waals surface area contributed by atoms with Crippen LogP contribution in [0.3, 0.4) is 0 Å². The van der Waals surface area contributed by atoms with E-state index < -0.39 is 24.0 Å². The Morgan fingerprint density at radius 3 is 2.75 bits per heavy atom. The molecule has 2 fully saturated rings. The Bertz CT molecular complexity index is 344. The van der Waals surface area contributed by atoms with Crippen molar-refractivity contribution in [1.29, 1.82) is 0 Å². The van der Waals surface area contributed by atoms with Gasteiger partial charge in [-0.3, -0.25) is 24.6 Å². The summed E-state index contributed by atoms with van der Waals surface area (Å²) in [7, 11) is 0. The van der Waals surface area contributed by atoms with Crippen molar-refractivity contribution in [3.8, 4) is 0 Å². The fraction of sp³-hybridized carbons (Fsp3) is 0.667. The topological polar surface area (TPSA) is 98.7 Å². The molecule has 0 saturated carbocycles. The van der Waals surface area contributed by atoms with E-state index in [-0.39, 0.29) is 12.3 Å². The molecule has 16 heavy (non-hydrogen) atoms. The first-order valence-corrected chi connectivity index (χ1v) is 5.12. The number of carboxylic acid groups (broad SMARTS) is 1. The van der Waals surface area contributed by atoms with Crippen LogP contribution in [-0.4, -0.2) is 59.5 Å². The normalized spacial score (nSPS) is 31.5. The van der Waals surface area contributed by atoms with Crippen molar-refractivity contribution in [2.24, 2.45) is 0 Å². The third-order valence-electron chi connectivity index (χ3n) is 2.91. The molecule has 0 aromatic heterocycles. The van der Waals surface area contributed by atoms with Crippen LogP contribution in [0, 0.1) is 0 Å². The number of nitrogens with one attached hydrogen (secondary N) is 2. The molecule has 0 radical (unpaired) electrons. The summed E-state index contributed by atoms with van der Waals surface area (Å²) in [5.41, 5.74) is 0. The first kappa shape index (κ1) is 11.0. The quantitative estimate of drug-likeness (QED) is 0.461. The number of hydrogen-bond donors (Lipinski definition) is 3. The molecule has 2 aliphatic rings. The van der Waals surface area contributed by atoms with Gasteiger partial charge in [-0.1, -0.05) is 0 Å². The molecule has 3 N–H and O–H groups in total. The molecule has 0 bridgehead atoms. The maximum atomic E-state index is 11.5. The number of carboxylic acids is 1. The van der Waals surface area contributed by atoms with E-state index in [1.165, 1.54) is 0 Å². The number of carbonyl (C=O) groups excluding carboxylic acids is 2. The first-order valence-electron chi connectivity index (χ1n) is 5.12. The summed E-state index contributed by atoms with van der Waals surface area (Å²) in [5.74, 6) is -1.70. The number of nitrogens with zero attached hydrogens (tertiary/aromatic N) is 1. The van der Waals surface area contributed by atoms with Gasteiger partial charge >= 0.3 is 5.97 Å². The second kappa shape index (κ2) is 4.18. The average Bonchev–Trinajstić information content (AvgIpc) is 2.57. The molecule has 2 amide bonds. The summed E-state index contributed by atoms with van der Waals surface area (Å²) in [5, 5.41) is 14.2. The van der Waals surface area contributed by atoms with Crippen molar-refractivity contribution in [2.45, 2.75) is 18.5 Å². The molecule has 7 nitrogen and oxygen atoms in total. The van der Waals surface area contributed by atoms with Gasteiger partial charge in [0.1, 0.15) is 6.04 Å². The molecular formula is C9H13N3O4. The number of aliphatic carboxylic acids is 1. The van der Waals surface area contributed by atoms with Crippen molar-refractivity contribution in [1.82, 2.24) is 15.5 Å². The lowest BCUT2D eigenvalue weighted by Gasteiger charge is -2.36. The van der Waals surface area contributed by atoms with Crippen molar-refractivity contribution in [3.05, 3.63) is 0 Å². The Labute approximate surface area is 91.8 Å². The molecule has 88 valence electrons. The van der Waals surface area contributed by atoms with E-state index in [9.17, 15) is 14.4 Å². The molecule has 2 heterocycles. The molecule has 0 aromatic rings. The van der Waals surface area contributed by atoms with E-state index in [1.807, 2.05) is 0 Å². The van der Waals surface area contributed by atoms with E-state index >= 15 is 0 Å². The summed E-state index contributed by atoms with van der Waals surface area (Å²) in [6, 6.07) is -1.37. The smallest absolute Gasteiger partial charge is 0.322 e. The Kier molecular flexibility index (Phi) is 2.88. The monoisotopic (exact) mass is 227 g/mol. The van der Waals surface area contributed by atoms with Crippen molar-refractivity contribution < 1.29 is 19.5 Å². The Hall–Kier alpha value is -1.47. The van der Waals surface area contributed by atoms with Crippen LogP contribution in [0.25, 0.3) is 0 Å². The molecular weight excluding hydrogens is 214 g/mol. The highest BCUT2D eigenvalue weighted by atomic mass is 16.4. The van der Waals surface area contributed by atoms with Crippen LogP contribution in [0.4, 0.5) is 0 Å². The number of amides is 2. The van der Waals surface area contributed by atoms with Crippen molar-refractivity contribution in [2.75, 3.05) is 19.6 Å². The fourth-order valence-corrected chi connectivity index (χ4v) is 2.13. The Morgan fingerprint density at radius 2 is 2.19 bits per heavy atom. The van der Waals surface area contributed by atoms with E-state index in [4.69, 9.17) is 5.11 Å². The lowest BCUT2D eigenvalue weighted by molar-refractivity contribution is -0.146. The minimum absolute atomic E-state index is 0.0581. The fourth-order valence-electron chi connectivity index (χ4n) is 2.13. The Balaban J connectivity index is 2.14. The van der Waals surface area contributed by atoms with Gasteiger partial charge in [-0.05, 0) is 0 Å². The van der Waals surface area contributed by atoms with Gasteiger partial charge in [0, 0.05) is 19.6 Å². The van der Waals surface area contributed by atoms with E-state index in [0.717, 1.165) is 0 Å². The standard InChI is InChI=1S/C9H13N3O4/c13-7-3-5(8(14)11-7)12-2-1-10-4-6(12)9(15)16/h5-6,10H,1-4H2,(H,15,16)(H,11,13,14). The SMILES string of the molecule is O=C1CC(N2CCNCC2C(=O)O)C(=O)N1. The number of rotatable bonds is 2. The minimum Gasteiger partial charge on any atom is -0.480 e. The third-order valence-corrected chi connectivity index (χ3v) is 2.91. The van der Waals surface area contributed by atoms with Crippen LogP contribution in [0.1, 0.15) is 6.42 Å². The Morgan fingerprint density at radius 1 is 1.44 bits per heavy atom. The zero-order valence-electron chi connectivity index (χ0n) is 8.60. The lowest BCUT2D eigenvalue weighted by atomic mass is 10.1. The zero-order chi connectivity index (χ0) is 11.7. The number of carbonyl (C=O) groups is 3. The van der Waals surface area contributed by atoms with Gasteiger partial charge in [0.15, 0.2) is 0 Å². The summed E-state index contributed by atoms with van der Waals surface area (Å²) in [6.45, 7) is 1.39. The molecule has 2 rings (SSSR count). The molecule has 0 aliphatic carbocycles. The van der Waals surface area contributed by atoms with Crippen LogP contribution in [0.5, 0.6) is 0 Å². The van der Waals surface area contributed by atoms with Crippen LogP contribution < -0.4 is 10.6 Å². The number of piperazine rings is 1. The third kappa shape index (κ3) is 1.91. The molecule has 7 heteroatoms. The van der Waals surface area contributed by atoms with E-state index in [0.29, 0.717) is 19.6 Å². The van der Waals surface area contributed by atoms with Crippen LogP contribution in [-0.2, 0) is 14.4 Å². The maximum absolute atomic E-state index is 11.5. The zero-order valence-corrected chi connectivity index (χ0v) is 8.60. The minimum atomic E-state index is -0.973. The number of imide groups is 1. The van der Waals surface area contributed by atoms with Gasteiger partial charge in [-0.25, -0.2) is 0 Å². The molecule has 2 saturated heterocycles. The molecule has 2 atom stereocenters. The first-order chi connectivity index (χ1) is 7.59. The summed E-state index contributed by atoms with van der Waals surface area (Å²) in [4.78, 5) is 35.1. The van der Waals surface area contributed by atoms with E-state index in [1.54, 1.807) is 4.90 Å². The van der Waals surface area contributed by atoms with Gasteiger partial charge in [0.2, 0.25) is 11.8 Å². The van der Waals surface area contributed by atoms with Gasteiger partial charge in [-0.2, -0.15) is 0 Å². The maximum Gasteiger partial charge on any atom is 0.322 e. The summed E-state index contributed by atoms with van der Waals surface area (Å²) < 4.78 is 0. The lowest BCUT2D eigenvalue weighted by Crippen LogP contribution is -2.59. The largest absolute Gasteiger partial charge is 0.480 e. The molecule has 2 unspecified atom stereocenters. The number of hydrogen-bond acceptors (Lipinski definition) is 5. The van der Waals surface area contributed by atoms with Gasteiger partial charge < -0.3 is 10.4 Å². The second-order valence-corrected chi connectivity index (χ2v) is 3.93. The van der Waals surface area contributed by atoms with Crippen molar-refractivity contribution >= 4 is 17.8 Å². The highest BCUT2D eigenvalue weighted by molar-refractivity contribution is 6.05. The molecule has 0 aromatic carbocycles. The van der Waals surface area contributed by atoms with Crippen LogP contribution >= 0.6 is 0 Å². The van der Waals surface area contributed by atoms with E-state index in [2.05, 4.69) is 10.6 Å². The highest BCUT2D eigenvalue weighted by Crippen LogP contribution is 2.16. The molecule has 2 aliphatic heterocycles. The predicted octanol–water partition coefficient (Wildman–Crippen LogP) is -2.24. The van der Waals surface area contributed by atoms with Crippen LogP contribution in [0.2, 0.25) is 0 Å². The average molecular weight is 227 g/mol. The predicted molar refractivity (Wildman–Crippen MR) is 52.6 cm³/mol. The van der Waals surface area contributed by atoms with Crippen molar-refractivity contribution in [3.63, 3.8) is 0 Å². The van der Waals surface area contributed by atoms with Crippen LogP contribution in [0.15, 0.2) is 0 Å². The van der Waals surface area contributed by atoms with Gasteiger partial charge in [0.05, 0.1) is 12.5 Å². The molecule has 0 spiro atoms. The second-order valence-electron chi connectivity index (χ2n) is 3.93. The highest BCUT2D eigenvalue weighted by Gasteiger charge is 2.41. The summed E-state index contributed by atoms with van der Waals surface area (Å²) >= 11 is 0. The van der Waals surface area contributed by atoms with Gasteiger partial charge in [0.25, 0.3) is 0 Å².